The molecular formula is C20H18N6O3. The van der Waals surface area contributed by atoms with Crippen molar-refractivity contribution in [3.8, 4) is 11.4 Å². The van der Waals surface area contributed by atoms with Crippen LogP contribution in [0.25, 0.3) is 22.4 Å². The van der Waals surface area contributed by atoms with Crippen molar-refractivity contribution in [2.75, 3.05) is 36.4 Å². The maximum atomic E-state index is 12.6. The zero-order valence-corrected chi connectivity index (χ0v) is 15.5. The van der Waals surface area contributed by atoms with Crippen molar-refractivity contribution < 1.29 is 13.8 Å². The summed E-state index contributed by atoms with van der Waals surface area (Å²) in [5.41, 5.74) is 1.54. The first-order chi connectivity index (χ1) is 14.3. The minimum atomic E-state index is -0.209. The molecular weight excluding hydrogens is 372 g/mol. The molecule has 1 aliphatic rings. The van der Waals surface area contributed by atoms with E-state index in [-0.39, 0.29) is 6.03 Å². The number of anilines is 2. The molecule has 4 aromatic rings. The second-order valence-electron chi connectivity index (χ2n) is 6.70. The highest BCUT2D eigenvalue weighted by Gasteiger charge is 2.25. The van der Waals surface area contributed by atoms with Crippen LogP contribution in [0.2, 0.25) is 0 Å². The maximum absolute atomic E-state index is 12.6. The van der Waals surface area contributed by atoms with Crippen LogP contribution in [0.5, 0.6) is 0 Å². The SMILES string of the molecule is O=C(Nc1noc2ccccc12)N1CCN(c2nc(-c3ccccc3)no2)CC1. The van der Waals surface area contributed by atoms with E-state index in [0.29, 0.717) is 49.4 Å². The van der Waals surface area contributed by atoms with E-state index < -0.39 is 0 Å². The molecule has 146 valence electrons. The van der Waals surface area contributed by atoms with Gasteiger partial charge in [-0.3, -0.25) is 5.32 Å². The molecule has 9 nitrogen and oxygen atoms in total. The number of hydrogen-bond acceptors (Lipinski definition) is 7. The first-order valence-electron chi connectivity index (χ1n) is 9.32. The number of benzene rings is 2. The van der Waals surface area contributed by atoms with E-state index in [9.17, 15) is 4.79 Å². The Morgan fingerprint density at radius 3 is 2.48 bits per heavy atom. The molecule has 1 aliphatic heterocycles. The summed E-state index contributed by atoms with van der Waals surface area (Å²) in [6.45, 7) is 2.27. The molecule has 2 aromatic carbocycles. The van der Waals surface area contributed by atoms with Gasteiger partial charge in [-0.1, -0.05) is 52.8 Å². The highest BCUT2D eigenvalue weighted by molar-refractivity contribution is 5.98. The lowest BCUT2D eigenvalue weighted by Gasteiger charge is -2.33. The van der Waals surface area contributed by atoms with Crippen LogP contribution < -0.4 is 10.2 Å². The van der Waals surface area contributed by atoms with Crippen molar-refractivity contribution in [3.63, 3.8) is 0 Å². The molecule has 9 heteroatoms. The van der Waals surface area contributed by atoms with Gasteiger partial charge in [0, 0.05) is 31.7 Å². The van der Waals surface area contributed by atoms with E-state index in [4.69, 9.17) is 9.05 Å². The fourth-order valence-electron chi connectivity index (χ4n) is 3.31. The maximum Gasteiger partial charge on any atom is 0.324 e. The van der Waals surface area contributed by atoms with Gasteiger partial charge in [-0.2, -0.15) is 4.98 Å². The van der Waals surface area contributed by atoms with Crippen LogP contribution in [0.1, 0.15) is 0 Å². The third kappa shape index (κ3) is 3.38. The van der Waals surface area contributed by atoms with E-state index in [1.165, 1.54) is 0 Å². The number of hydrogen-bond donors (Lipinski definition) is 1. The van der Waals surface area contributed by atoms with Gasteiger partial charge in [-0.25, -0.2) is 4.79 Å². The molecule has 0 radical (unpaired) electrons. The van der Waals surface area contributed by atoms with Crippen LogP contribution in [0.15, 0.2) is 63.6 Å². The number of urea groups is 1. The normalized spacial score (nSPS) is 14.3. The Balaban J connectivity index is 1.21. The smallest absolute Gasteiger partial charge is 0.324 e. The van der Waals surface area contributed by atoms with E-state index in [1.807, 2.05) is 59.5 Å². The first kappa shape index (κ1) is 17.2. The van der Waals surface area contributed by atoms with Gasteiger partial charge in [0.15, 0.2) is 11.4 Å². The number of aromatic nitrogens is 3. The lowest BCUT2D eigenvalue weighted by molar-refractivity contribution is 0.206. The Labute approximate surface area is 165 Å². The fourth-order valence-corrected chi connectivity index (χ4v) is 3.31. The number of nitrogens with one attached hydrogen (secondary N) is 1. The first-order valence-corrected chi connectivity index (χ1v) is 9.32. The van der Waals surface area contributed by atoms with Gasteiger partial charge in [-0.05, 0) is 12.1 Å². The molecule has 0 atom stereocenters. The number of fused-ring (bicyclic) bond motifs is 1. The molecule has 0 unspecified atom stereocenters. The molecule has 2 aromatic heterocycles. The van der Waals surface area contributed by atoms with E-state index >= 15 is 0 Å². The molecule has 0 aliphatic carbocycles. The van der Waals surface area contributed by atoms with Crippen LogP contribution >= 0.6 is 0 Å². The van der Waals surface area contributed by atoms with Crippen LogP contribution in [0.3, 0.4) is 0 Å². The van der Waals surface area contributed by atoms with Crippen LogP contribution in [-0.2, 0) is 0 Å². The number of amides is 2. The predicted octanol–water partition coefficient (Wildman–Crippen LogP) is 3.23. The minimum absolute atomic E-state index is 0.209. The summed E-state index contributed by atoms with van der Waals surface area (Å²) in [6.07, 6.45) is 0. The standard InChI is InChI=1S/C20H18N6O3/c27-19(21-18-15-8-4-5-9-16(15)28-24-18)25-10-12-26(13-11-25)20-22-17(23-29-20)14-6-2-1-3-7-14/h1-9H,10-13H2,(H,21,24,27). The average molecular weight is 390 g/mol. The Bertz CT molecular complexity index is 1130. The summed E-state index contributed by atoms with van der Waals surface area (Å²) in [4.78, 5) is 20.8. The quantitative estimate of drug-likeness (QED) is 0.573. The fraction of sp³-hybridized carbons (Fsp3) is 0.200. The van der Waals surface area contributed by atoms with Gasteiger partial charge in [0.25, 0.3) is 0 Å². The lowest BCUT2D eigenvalue weighted by Crippen LogP contribution is -2.50. The van der Waals surface area contributed by atoms with Crippen molar-refractivity contribution in [2.24, 2.45) is 0 Å². The molecule has 1 fully saturated rings. The number of carbonyl (C=O) groups excluding carboxylic acids is 1. The Morgan fingerprint density at radius 1 is 0.897 bits per heavy atom. The molecule has 2 amide bonds. The second-order valence-corrected chi connectivity index (χ2v) is 6.70. The van der Waals surface area contributed by atoms with Gasteiger partial charge in [0.2, 0.25) is 5.82 Å². The second kappa shape index (κ2) is 7.27. The van der Waals surface area contributed by atoms with Crippen molar-refractivity contribution >= 4 is 28.8 Å². The highest BCUT2D eigenvalue weighted by atomic mass is 16.5. The zero-order valence-electron chi connectivity index (χ0n) is 15.5. The van der Waals surface area contributed by atoms with Gasteiger partial charge in [0.05, 0.1) is 5.39 Å². The molecule has 1 N–H and O–H groups in total. The Kier molecular flexibility index (Phi) is 4.32. The van der Waals surface area contributed by atoms with Gasteiger partial charge in [0.1, 0.15) is 0 Å². The number of rotatable bonds is 3. The van der Waals surface area contributed by atoms with Gasteiger partial charge in [-0.15, -0.1) is 0 Å². The highest BCUT2D eigenvalue weighted by Crippen LogP contribution is 2.23. The minimum Gasteiger partial charge on any atom is -0.354 e. The molecule has 1 saturated heterocycles. The van der Waals surface area contributed by atoms with Crippen LogP contribution in [-0.4, -0.2) is 52.4 Å². The van der Waals surface area contributed by atoms with E-state index in [1.54, 1.807) is 4.90 Å². The Morgan fingerprint density at radius 2 is 1.66 bits per heavy atom. The third-order valence-electron chi connectivity index (χ3n) is 4.89. The molecule has 5 rings (SSSR count). The van der Waals surface area contributed by atoms with Gasteiger partial charge < -0.3 is 18.8 Å². The summed E-state index contributed by atoms with van der Waals surface area (Å²) in [6, 6.07) is 17.3. The van der Waals surface area contributed by atoms with Crippen molar-refractivity contribution in [1.82, 2.24) is 20.2 Å². The van der Waals surface area contributed by atoms with E-state index in [0.717, 1.165) is 10.9 Å². The van der Waals surface area contributed by atoms with Crippen molar-refractivity contribution in [1.29, 1.82) is 0 Å². The molecule has 0 bridgehead atoms. The summed E-state index contributed by atoms with van der Waals surface area (Å²) in [5.74, 6) is 0.983. The monoisotopic (exact) mass is 390 g/mol. The lowest BCUT2D eigenvalue weighted by atomic mass is 10.2. The zero-order chi connectivity index (χ0) is 19.6. The molecule has 29 heavy (non-hydrogen) atoms. The van der Waals surface area contributed by atoms with Crippen molar-refractivity contribution in [2.45, 2.75) is 0 Å². The summed E-state index contributed by atoms with van der Waals surface area (Å²) < 4.78 is 10.6. The van der Waals surface area contributed by atoms with E-state index in [2.05, 4.69) is 20.6 Å². The number of piperazine rings is 1. The largest absolute Gasteiger partial charge is 0.354 e. The Hall–Kier alpha value is -3.88. The number of nitrogens with zero attached hydrogens (tertiary/aromatic N) is 5. The van der Waals surface area contributed by atoms with Crippen LogP contribution in [0, 0.1) is 0 Å². The molecule has 3 heterocycles. The third-order valence-corrected chi connectivity index (χ3v) is 4.89. The van der Waals surface area contributed by atoms with Crippen LogP contribution in [0.4, 0.5) is 16.6 Å². The molecule has 0 saturated carbocycles. The molecule has 0 spiro atoms. The average Bonchev–Trinajstić information content (AvgIpc) is 3.43. The number of carbonyl (C=O) groups is 1. The summed E-state index contributed by atoms with van der Waals surface area (Å²) >= 11 is 0. The van der Waals surface area contributed by atoms with Gasteiger partial charge >= 0.3 is 12.0 Å². The predicted molar refractivity (Wildman–Crippen MR) is 107 cm³/mol. The summed E-state index contributed by atoms with van der Waals surface area (Å²) in [5, 5.41) is 11.6. The van der Waals surface area contributed by atoms with Crippen molar-refractivity contribution in [3.05, 3.63) is 54.6 Å². The summed E-state index contributed by atoms with van der Waals surface area (Å²) in [7, 11) is 0. The topological polar surface area (TPSA) is 101 Å². The number of para-hydroxylation sites is 1.